The molecule has 0 spiro atoms. The molecular weight excluding hydrogens is 903 g/mol. The van der Waals surface area contributed by atoms with Gasteiger partial charge in [0.15, 0.2) is 11.5 Å². The summed E-state index contributed by atoms with van der Waals surface area (Å²) in [6.07, 6.45) is 4.77. The molecule has 19 heteroatoms. The van der Waals surface area contributed by atoms with Crippen LogP contribution in [0.3, 0.4) is 0 Å². The molecule has 15 nitrogen and oxygen atoms in total. The van der Waals surface area contributed by atoms with Gasteiger partial charge in [-0.15, -0.1) is 0 Å². The Balaban J connectivity index is 0.000000681. The second-order valence-corrected chi connectivity index (χ2v) is 17.4. The highest BCUT2D eigenvalue weighted by Gasteiger charge is 2.39. The Morgan fingerprint density at radius 2 is 1.60 bits per heavy atom. The highest BCUT2D eigenvalue weighted by atomic mass is 35.5. The molecule has 5 aromatic rings. The predicted octanol–water partition coefficient (Wildman–Crippen LogP) is 9.36. The number of aryl methyl sites for hydroxylation is 1. The van der Waals surface area contributed by atoms with Crippen LogP contribution in [-0.2, 0) is 29.2 Å². The summed E-state index contributed by atoms with van der Waals surface area (Å²) in [5, 5.41) is 24.1. The summed E-state index contributed by atoms with van der Waals surface area (Å²) < 4.78 is 45.4. The number of amides is 3. The van der Waals surface area contributed by atoms with Crippen LogP contribution < -0.4 is 11.1 Å². The average molecular weight is 971 g/mol. The second kappa shape index (κ2) is 26.1. The highest BCUT2D eigenvalue weighted by Crippen LogP contribution is 2.37. The average Bonchev–Trinajstić information content (AvgIpc) is 4.05. The van der Waals surface area contributed by atoms with Crippen molar-refractivity contribution in [1.82, 2.24) is 34.1 Å². The number of nitrogens with zero attached hydrogens (tertiary/aromatic N) is 6. The first kappa shape index (κ1) is 54.9. The molecule has 1 saturated heterocycles. The summed E-state index contributed by atoms with van der Waals surface area (Å²) in [5.74, 6) is -0.946. The van der Waals surface area contributed by atoms with Crippen molar-refractivity contribution in [2.45, 2.75) is 105 Å². The van der Waals surface area contributed by atoms with Crippen molar-refractivity contribution in [3.05, 3.63) is 82.4 Å². The quantitative estimate of drug-likeness (QED) is 0.0567. The number of alkyl halides is 3. The molecule has 0 bridgehead atoms. The van der Waals surface area contributed by atoms with Crippen molar-refractivity contribution >= 4 is 52.0 Å². The molecule has 5 heterocycles. The summed E-state index contributed by atoms with van der Waals surface area (Å²) >= 11 is 6.54. The van der Waals surface area contributed by atoms with Gasteiger partial charge in [0.05, 0.1) is 27.3 Å². The molecule has 68 heavy (non-hydrogen) atoms. The fourth-order valence-corrected chi connectivity index (χ4v) is 8.00. The van der Waals surface area contributed by atoms with Crippen molar-refractivity contribution in [1.29, 1.82) is 0 Å². The lowest BCUT2D eigenvalue weighted by atomic mass is 9.96. The van der Waals surface area contributed by atoms with Gasteiger partial charge in [-0.1, -0.05) is 71.9 Å². The molecule has 372 valence electrons. The molecule has 1 aliphatic heterocycles. The van der Waals surface area contributed by atoms with E-state index in [0.29, 0.717) is 62.4 Å². The van der Waals surface area contributed by atoms with Gasteiger partial charge in [-0.2, -0.15) is 18.3 Å². The number of H-pyrrole nitrogens is 1. The number of aliphatic hydroxyl groups excluding tert-OH is 1. The normalized spacial score (nSPS) is 13.2. The van der Waals surface area contributed by atoms with E-state index in [9.17, 15) is 32.3 Å². The molecule has 1 aromatic carbocycles. The molecule has 1 atom stereocenters. The maximum atomic E-state index is 14.3. The van der Waals surface area contributed by atoms with Gasteiger partial charge < -0.3 is 40.6 Å². The van der Waals surface area contributed by atoms with Crippen molar-refractivity contribution < 1.29 is 42.6 Å². The molecule has 3 amide bonds. The summed E-state index contributed by atoms with van der Waals surface area (Å²) in [7, 11) is 1.48. The zero-order valence-corrected chi connectivity index (χ0v) is 40.7. The number of aliphatic carboxylic acids is 1. The van der Waals surface area contributed by atoms with E-state index in [0.717, 1.165) is 49.0 Å². The smallest absolute Gasteiger partial charge is 0.435 e. The van der Waals surface area contributed by atoms with Gasteiger partial charge in [-0.05, 0) is 93.1 Å². The molecule has 4 aromatic heterocycles. The van der Waals surface area contributed by atoms with E-state index in [1.54, 1.807) is 23.1 Å². The summed E-state index contributed by atoms with van der Waals surface area (Å²) in [5.41, 5.74) is 6.55. The Bertz CT molecular complexity index is 2430. The third-order valence-corrected chi connectivity index (χ3v) is 12.0. The molecule has 0 radical (unpaired) electrons. The molecule has 6 N–H and O–H groups in total. The van der Waals surface area contributed by atoms with Crippen LogP contribution in [0.15, 0.2) is 54.7 Å². The standard InChI is InChI=1S/C39H44ClF3N8O4.C6H12O2.C4H11N/c1-4-7-24(8-5-2)37(54)49-16-18-50(19-17-49)38(55)27-11-10-26(21-29(27)40)45-36(53)33-14-13-32(48(33)3)28-23-51(47-35(28)39(41,42)43)34-15-12-30-31(46-34)22-25(44-30)9-6-20-52;1-3-5(2)4-6(7)8;1-2-3-4-5/h10-15,21-24,44,52H,4-9,16-20H2,1-3H3,(H,45,53);5H,3-4H2,1-2H3,(H,7,8);2-5H2,1H3. The number of hydrogen-bond acceptors (Lipinski definition) is 8. The summed E-state index contributed by atoms with van der Waals surface area (Å²) in [6.45, 7) is 12.7. The third-order valence-electron chi connectivity index (χ3n) is 11.7. The first-order valence-electron chi connectivity index (χ1n) is 23.4. The van der Waals surface area contributed by atoms with Crippen molar-refractivity contribution in [2.75, 3.05) is 44.6 Å². The predicted molar refractivity (Wildman–Crippen MR) is 259 cm³/mol. The Morgan fingerprint density at radius 1 is 0.926 bits per heavy atom. The zero-order valence-electron chi connectivity index (χ0n) is 40.0. The van der Waals surface area contributed by atoms with Gasteiger partial charge in [0.25, 0.3) is 11.8 Å². The molecule has 6 rings (SSSR count). The molecule has 1 fully saturated rings. The maximum Gasteiger partial charge on any atom is 0.435 e. The van der Waals surface area contributed by atoms with Crippen molar-refractivity contribution in [3.63, 3.8) is 0 Å². The minimum absolute atomic E-state index is 0.000169. The van der Waals surface area contributed by atoms with Crippen LogP contribution in [0.2, 0.25) is 5.02 Å². The number of carbonyl (C=O) groups excluding carboxylic acids is 3. The van der Waals surface area contributed by atoms with Crippen LogP contribution in [-0.4, -0.2) is 107 Å². The largest absolute Gasteiger partial charge is 0.481 e. The SMILES string of the molecule is CCC(C)CC(=O)O.CCCC(CCC)C(=O)N1CCN(C(=O)c2ccc(NC(=O)c3ccc(-c4cn(-c5ccc6[nH]c(CCCO)cc6n5)nc4C(F)(F)F)n3C)cc2Cl)CC1.CCCCN. The molecule has 0 aliphatic carbocycles. The monoisotopic (exact) mass is 969 g/mol. The van der Waals surface area contributed by atoms with E-state index in [4.69, 9.17) is 27.5 Å². The molecular formula is C49H67ClF3N9O6. The number of carboxylic acid groups (broad SMARTS) is 1. The summed E-state index contributed by atoms with van der Waals surface area (Å²) in [6, 6.07) is 12.4. The number of aliphatic hydroxyl groups is 1. The number of benzene rings is 1. The number of aromatic nitrogens is 5. The Hall–Kier alpha value is -5.72. The lowest BCUT2D eigenvalue weighted by molar-refractivity contribution is -0.141. The first-order valence-corrected chi connectivity index (χ1v) is 23.8. The number of fused-ring (bicyclic) bond motifs is 1. The number of piperazine rings is 1. The van der Waals surface area contributed by atoms with E-state index >= 15 is 0 Å². The van der Waals surface area contributed by atoms with Gasteiger partial charge >= 0.3 is 12.1 Å². The number of anilines is 1. The number of carbonyl (C=O) groups is 4. The Kier molecular flexibility index (Phi) is 21.1. The number of aromatic amines is 1. The zero-order chi connectivity index (χ0) is 50.1. The molecule has 1 aliphatic rings. The van der Waals surface area contributed by atoms with Gasteiger partial charge in [-0.3, -0.25) is 19.2 Å². The number of rotatable bonds is 18. The van der Waals surface area contributed by atoms with E-state index in [1.807, 2.05) is 18.7 Å². The molecule has 1 unspecified atom stereocenters. The van der Waals surface area contributed by atoms with Crippen LogP contribution in [0.25, 0.3) is 28.1 Å². The minimum Gasteiger partial charge on any atom is -0.481 e. The minimum atomic E-state index is -4.81. The lowest BCUT2D eigenvalue weighted by Gasteiger charge is -2.36. The first-order chi connectivity index (χ1) is 32.4. The fourth-order valence-electron chi connectivity index (χ4n) is 7.74. The Labute approximate surface area is 401 Å². The van der Waals surface area contributed by atoms with E-state index in [-0.39, 0.29) is 63.4 Å². The number of nitrogens with one attached hydrogen (secondary N) is 2. The van der Waals surface area contributed by atoms with Gasteiger partial charge in [-0.25, -0.2) is 9.67 Å². The topological polar surface area (TPSA) is 205 Å². The summed E-state index contributed by atoms with van der Waals surface area (Å²) in [4.78, 5) is 61.1. The van der Waals surface area contributed by atoms with Crippen molar-refractivity contribution in [3.8, 4) is 17.1 Å². The number of hydrogen-bond donors (Lipinski definition) is 5. The van der Waals surface area contributed by atoms with Gasteiger partial charge in [0.1, 0.15) is 5.69 Å². The molecule has 0 saturated carbocycles. The van der Waals surface area contributed by atoms with Crippen LogP contribution in [0.1, 0.15) is 125 Å². The number of pyridine rings is 1. The highest BCUT2D eigenvalue weighted by molar-refractivity contribution is 6.34. The maximum absolute atomic E-state index is 14.3. The van der Waals surface area contributed by atoms with Crippen LogP contribution in [0, 0.1) is 11.8 Å². The van der Waals surface area contributed by atoms with Crippen LogP contribution in [0.5, 0.6) is 0 Å². The van der Waals surface area contributed by atoms with Crippen LogP contribution >= 0.6 is 11.6 Å². The van der Waals surface area contributed by atoms with E-state index < -0.39 is 23.7 Å². The Morgan fingerprint density at radius 3 is 2.15 bits per heavy atom. The van der Waals surface area contributed by atoms with Crippen molar-refractivity contribution in [2.24, 2.45) is 24.6 Å². The lowest BCUT2D eigenvalue weighted by Crippen LogP contribution is -2.52. The second-order valence-electron chi connectivity index (χ2n) is 17.0. The van der Waals surface area contributed by atoms with Gasteiger partial charge in [0.2, 0.25) is 5.91 Å². The van der Waals surface area contributed by atoms with Gasteiger partial charge in [0, 0.05) is 75.3 Å². The number of halogens is 4. The third kappa shape index (κ3) is 14.9. The van der Waals surface area contributed by atoms with E-state index in [1.165, 1.54) is 61.0 Å². The number of carboxylic acids is 1. The number of nitrogens with two attached hydrogens (primary N) is 1. The van der Waals surface area contributed by atoms with Crippen LogP contribution in [0.4, 0.5) is 18.9 Å². The van der Waals surface area contributed by atoms with E-state index in [2.05, 4.69) is 41.2 Å². The number of unbranched alkanes of at least 4 members (excludes halogenated alkanes) is 1. The fraction of sp³-hybridized carbons (Fsp3) is 0.510.